The smallest absolute Gasteiger partial charge is 0.356 e. The molecule has 0 amide bonds. The van der Waals surface area contributed by atoms with Gasteiger partial charge in [-0.2, -0.15) is 0 Å². The second-order valence-corrected chi connectivity index (χ2v) is 1.79. The van der Waals surface area contributed by atoms with E-state index in [9.17, 15) is 0 Å². The van der Waals surface area contributed by atoms with Crippen molar-refractivity contribution in [2.45, 2.75) is 0 Å². The molecule has 0 aliphatic rings. The van der Waals surface area contributed by atoms with Gasteiger partial charge in [0.1, 0.15) is 0 Å². The normalized spacial score (nSPS) is 5.65. The van der Waals surface area contributed by atoms with E-state index >= 15 is 0 Å². The van der Waals surface area contributed by atoms with E-state index in [-0.39, 0.29) is 54.2 Å². The molecule has 0 aliphatic heterocycles. The number of hydrogen-bond acceptors (Lipinski definition) is 24. The minimum absolute atomic E-state index is 0. The van der Waals surface area contributed by atoms with Gasteiger partial charge in [-0.05, 0) is 0 Å². The molecule has 192 valence electrons. The van der Waals surface area contributed by atoms with Crippen molar-refractivity contribution in [3.63, 3.8) is 0 Å². The van der Waals surface area contributed by atoms with Gasteiger partial charge in [-0.3, -0.25) is 0 Å². The Labute approximate surface area is 217 Å². The van der Waals surface area contributed by atoms with Crippen molar-refractivity contribution in [1.82, 2.24) is 0 Å². The first kappa shape index (κ1) is 63.0. The Hall–Kier alpha value is -4.62. The fraction of sp³-hybridized carbons (Fsp3) is 0. The Morgan fingerprint density at radius 3 is 0.235 bits per heavy atom. The molecule has 34 heavy (non-hydrogen) atoms. The summed E-state index contributed by atoms with van der Waals surface area (Å²) in [6.45, 7) is 0. The molecule has 0 aliphatic carbocycles. The van der Waals surface area contributed by atoms with Gasteiger partial charge in [-0.1, -0.05) is 0 Å². The van der Waals surface area contributed by atoms with E-state index < -0.39 is 40.7 Å². The predicted molar refractivity (Wildman–Crippen MR) is 82.9 cm³/mol. The van der Waals surface area contributed by atoms with Crippen LogP contribution in [0, 0.1) is 158 Å². The first-order valence-electron chi connectivity index (χ1n) is 4.38. The molecule has 0 N–H and O–H groups in total. The van der Waals surface area contributed by atoms with Gasteiger partial charge in [-0.25, -0.2) is 0 Å². The van der Waals surface area contributed by atoms with Crippen LogP contribution in [0.5, 0.6) is 0 Å². The fourth-order valence-corrected chi connectivity index (χ4v) is 0. The van der Waals surface area contributed by atoms with E-state index in [1.165, 1.54) is 0 Å². The maximum Gasteiger partial charge on any atom is 5.00 e. The summed E-state index contributed by atoms with van der Waals surface area (Å²) in [7, 11) is 0. The largest absolute Gasteiger partial charge is 5.00 e. The van der Waals surface area contributed by atoms with Crippen molar-refractivity contribution < 1.29 is 94.8 Å². The molecular weight excluding hydrogens is 686 g/mol. The zero-order chi connectivity index (χ0) is 28.6. The van der Waals surface area contributed by atoms with Crippen LogP contribution >= 0.6 is 0 Å². The van der Waals surface area contributed by atoms with Crippen LogP contribution in [0.25, 0.3) is 0 Å². The molecule has 0 bridgehead atoms. The average molecular weight is 686 g/mol. The summed E-state index contributed by atoms with van der Waals surface area (Å²) >= 11 is 0. The van der Waals surface area contributed by atoms with Crippen molar-refractivity contribution >= 4 is 0 Å². The molecule has 34 heteroatoms. The van der Waals surface area contributed by atoms with Crippen LogP contribution in [0.1, 0.15) is 0 Å². The van der Waals surface area contributed by atoms with Gasteiger partial charge in [0.05, 0.1) is 40.7 Å². The van der Waals surface area contributed by atoms with Gasteiger partial charge in [0.25, 0.3) is 0 Å². The summed E-state index contributed by atoms with van der Waals surface area (Å²) in [5.41, 5.74) is 0. The number of nitrogens with zero attached hydrogens (tertiary/aromatic N) is 8. The molecule has 0 aromatic rings. The Kier molecular flexibility index (Phi) is 105. The fourth-order valence-electron chi connectivity index (χ4n) is 0. The van der Waals surface area contributed by atoms with Gasteiger partial charge >= 0.3 is 54.2 Å². The Morgan fingerprint density at radius 1 is 0.235 bits per heavy atom. The van der Waals surface area contributed by atoms with Gasteiger partial charge < -0.3 is 123 Å². The van der Waals surface area contributed by atoms with E-state index in [4.69, 9.17) is 123 Å². The van der Waals surface area contributed by atoms with Crippen LogP contribution < -0.4 is 0 Å². The first-order chi connectivity index (χ1) is 13.9. The van der Waals surface area contributed by atoms with E-state index in [0.717, 1.165) is 0 Å². The Balaban J connectivity index is -0.0000000240. The van der Waals surface area contributed by atoms with Crippen LogP contribution in [0.3, 0.4) is 0 Å². The quantitative estimate of drug-likeness (QED) is 0.198. The zero-order valence-corrected chi connectivity index (χ0v) is 19.4. The van der Waals surface area contributed by atoms with E-state index in [0.29, 0.717) is 0 Å². The molecule has 0 radical (unpaired) electrons. The summed E-state index contributed by atoms with van der Waals surface area (Å²) in [4.78, 5) is 66.0. The predicted octanol–water partition coefficient (Wildman–Crippen LogP) is -1.92. The molecule has 0 saturated heterocycles. The topological polar surface area (TPSA) is 530 Å². The molecule has 0 saturated carbocycles. The van der Waals surface area contributed by atoms with E-state index in [2.05, 4.69) is 0 Å². The second-order valence-electron chi connectivity index (χ2n) is 1.79. The maximum absolute atomic E-state index is 8.25. The van der Waals surface area contributed by atoms with Crippen LogP contribution in [-0.4, -0.2) is 40.7 Å². The SMILES string of the molecule is O=[N+]([O-])[O-].O=[N+]([O-])[O-].O=[N+]([O-])[O-].O=[N+]([O-])[O-].O=[N+]([O-])[O-].O=[N+]([O-])[O-].O=[N+]([O-])[O-].O=[N+]([O-])[O-].[La+3].[V+5]. The standard InChI is InChI=1S/La.8NO3.V/c;8*2-1(3)4;/q+3;8*-1;+5. The van der Waals surface area contributed by atoms with Crippen LogP contribution in [0.4, 0.5) is 0 Å². The van der Waals surface area contributed by atoms with Crippen molar-refractivity contribution in [2.75, 3.05) is 0 Å². The minimum atomic E-state index is -1.75. The molecule has 0 spiro atoms. The third-order valence-electron chi connectivity index (χ3n) is 0. The average Bonchev–Trinajstić information content (AvgIpc) is 2.30. The maximum atomic E-state index is 8.25. The number of hydrogen-bond donors (Lipinski definition) is 0. The summed E-state index contributed by atoms with van der Waals surface area (Å²) in [6.07, 6.45) is 0. The Morgan fingerprint density at radius 2 is 0.235 bits per heavy atom. The van der Waals surface area contributed by atoms with Crippen molar-refractivity contribution in [1.29, 1.82) is 0 Å². The van der Waals surface area contributed by atoms with Crippen LogP contribution in [0.2, 0.25) is 0 Å². The van der Waals surface area contributed by atoms with Crippen LogP contribution in [-0.2, 0) is 18.6 Å². The van der Waals surface area contributed by atoms with Crippen molar-refractivity contribution in [3.05, 3.63) is 123 Å². The summed E-state index contributed by atoms with van der Waals surface area (Å²) in [5, 5.41) is 118. The molecule has 0 aromatic carbocycles. The molecular formula is LaN8O24V. The van der Waals surface area contributed by atoms with E-state index in [1.807, 2.05) is 0 Å². The van der Waals surface area contributed by atoms with Gasteiger partial charge in [0.15, 0.2) is 0 Å². The third kappa shape index (κ3) is 892. The summed E-state index contributed by atoms with van der Waals surface area (Å²) in [6, 6.07) is 0. The van der Waals surface area contributed by atoms with Crippen molar-refractivity contribution in [2.24, 2.45) is 0 Å². The zero-order valence-electron chi connectivity index (χ0n) is 14.4. The Bertz CT molecular complexity index is 367. The molecule has 0 atom stereocenters. The third-order valence-corrected chi connectivity index (χ3v) is 0. The summed E-state index contributed by atoms with van der Waals surface area (Å²) < 4.78 is 0. The van der Waals surface area contributed by atoms with Gasteiger partial charge in [-0.15, -0.1) is 0 Å². The molecule has 0 heterocycles. The van der Waals surface area contributed by atoms with Crippen molar-refractivity contribution in [3.8, 4) is 0 Å². The number of rotatable bonds is 0. The molecule has 32 nitrogen and oxygen atoms in total. The first-order valence-corrected chi connectivity index (χ1v) is 4.38. The van der Waals surface area contributed by atoms with Gasteiger partial charge in [0, 0.05) is 0 Å². The van der Waals surface area contributed by atoms with Gasteiger partial charge in [0.2, 0.25) is 0 Å². The van der Waals surface area contributed by atoms with Crippen LogP contribution in [0.15, 0.2) is 0 Å². The molecule has 0 fully saturated rings. The second kappa shape index (κ2) is 56.6. The molecule has 0 rings (SSSR count). The molecule has 0 unspecified atom stereocenters. The minimum Gasteiger partial charge on any atom is -0.356 e. The van der Waals surface area contributed by atoms with E-state index in [1.54, 1.807) is 0 Å². The molecule has 0 aromatic heterocycles. The summed E-state index contributed by atoms with van der Waals surface area (Å²) in [5.74, 6) is 0. The monoisotopic (exact) mass is 686 g/mol.